The molecule has 3 aromatic carbocycles. The predicted octanol–water partition coefficient (Wildman–Crippen LogP) is 5.14. The Balaban J connectivity index is 0.000000369. The summed E-state index contributed by atoms with van der Waals surface area (Å²) >= 11 is 0. The standard InChI is InChI=1S/C24H33N3O3Si.C7H9BO3/c1-6-7-23(28)25-24-21-13-10-19(18-8-11-20(29-2)12-9-18)16-22(21)27(26-24)17-30-14-15-31(3,4)5;1-11-7-4-2-6(3-5-7)8(9)10/h8-13,16H,6-7,14-15,17H2,1-5H3,(H,25,26,28);2-5,9-10H,1H3. The number of hydrogen-bond acceptors (Lipinski definition) is 7. The highest BCUT2D eigenvalue weighted by molar-refractivity contribution is 6.76. The summed E-state index contributed by atoms with van der Waals surface area (Å²) in [4.78, 5) is 12.2. The van der Waals surface area contributed by atoms with Crippen molar-refractivity contribution in [1.29, 1.82) is 0 Å². The minimum atomic E-state index is -1.40. The molecule has 0 radical (unpaired) electrons. The van der Waals surface area contributed by atoms with E-state index in [0.717, 1.165) is 40.2 Å². The van der Waals surface area contributed by atoms with Gasteiger partial charge < -0.3 is 29.6 Å². The number of benzene rings is 3. The number of hydrogen-bond donors (Lipinski definition) is 3. The molecule has 0 atom stereocenters. The number of carbonyl (C=O) groups excluding carboxylic acids is 1. The molecule has 0 aliphatic rings. The Morgan fingerprint density at radius 2 is 1.52 bits per heavy atom. The Hall–Kier alpha value is -3.64. The number of nitrogens with one attached hydrogen (secondary N) is 1. The zero-order chi connectivity index (χ0) is 30.7. The van der Waals surface area contributed by atoms with Crippen LogP contribution in [0, 0.1) is 0 Å². The second-order valence-corrected chi connectivity index (χ2v) is 16.7. The molecule has 4 rings (SSSR count). The number of fused-ring (bicyclic) bond motifs is 1. The summed E-state index contributed by atoms with van der Waals surface area (Å²) in [6.07, 6.45) is 1.27. The van der Waals surface area contributed by atoms with Crippen molar-refractivity contribution in [2.45, 2.75) is 52.2 Å². The normalized spacial score (nSPS) is 11.0. The topological polar surface area (TPSA) is 115 Å². The molecular weight excluding hydrogens is 549 g/mol. The molecule has 3 N–H and O–H groups in total. The third-order valence-electron chi connectivity index (χ3n) is 6.53. The van der Waals surface area contributed by atoms with Gasteiger partial charge in [0.2, 0.25) is 5.91 Å². The number of amides is 1. The van der Waals surface area contributed by atoms with Gasteiger partial charge in [0.1, 0.15) is 18.2 Å². The number of nitrogens with zero attached hydrogens (tertiary/aromatic N) is 2. The second-order valence-electron chi connectivity index (χ2n) is 11.1. The van der Waals surface area contributed by atoms with Crippen LogP contribution in [-0.4, -0.2) is 61.8 Å². The minimum Gasteiger partial charge on any atom is -0.497 e. The maximum Gasteiger partial charge on any atom is 0.488 e. The Morgan fingerprint density at radius 1 is 0.929 bits per heavy atom. The lowest BCUT2D eigenvalue weighted by atomic mass is 9.80. The van der Waals surface area contributed by atoms with Crippen LogP contribution in [0.25, 0.3) is 22.0 Å². The third kappa shape index (κ3) is 9.73. The van der Waals surface area contributed by atoms with Crippen LogP contribution in [0.1, 0.15) is 19.8 Å². The quantitative estimate of drug-likeness (QED) is 0.154. The fraction of sp³-hybridized carbons (Fsp3) is 0.355. The summed E-state index contributed by atoms with van der Waals surface area (Å²) in [5, 5.41) is 25.9. The molecule has 1 heterocycles. The number of ether oxygens (including phenoxy) is 3. The smallest absolute Gasteiger partial charge is 0.488 e. The summed E-state index contributed by atoms with van der Waals surface area (Å²) in [5.41, 5.74) is 3.57. The van der Waals surface area contributed by atoms with Gasteiger partial charge in [-0.3, -0.25) is 4.79 Å². The van der Waals surface area contributed by atoms with Crippen LogP contribution in [0.4, 0.5) is 5.82 Å². The first kappa shape index (κ1) is 32.9. The highest BCUT2D eigenvalue weighted by Gasteiger charge is 2.16. The van der Waals surface area contributed by atoms with Crippen LogP contribution in [0.5, 0.6) is 11.5 Å². The van der Waals surface area contributed by atoms with Crippen molar-refractivity contribution in [1.82, 2.24) is 9.78 Å². The van der Waals surface area contributed by atoms with Gasteiger partial charge in [-0.25, -0.2) is 4.68 Å². The maximum absolute atomic E-state index is 12.2. The Kier molecular flexibility index (Phi) is 12.2. The molecule has 224 valence electrons. The van der Waals surface area contributed by atoms with Crippen LogP contribution in [0.2, 0.25) is 25.7 Å². The van der Waals surface area contributed by atoms with E-state index in [9.17, 15) is 4.79 Å². The van der Waals surface area contributed by atoms with Crippen LogP contribution in [0.3, 0.4) is 0 Å². The zero-order valence-electron chi connectivity index (χ0n) is 25.4. The van der Waals surface area contributed by atoms with E-state index in [1.165, 1.54) is 0 Å². The summed E-state index contributed by atoms with van der Waals surface area (Å²) < 4.78 is 17.9. The molecule has 4 aromatic rings. The molecule has 0 bridgehead atoms. The molecule has 42 heavy (non-hydrogen) atoms. The SMILES string of the molecule is CCCC(=O)Nc1nn(COCC[Si](C)(C)C)c2cc(-c3ccc(OC)cc3)ccc12.COc1ccc(B(O)O)cc1. The molecule has 0 aliphatic carbocycles. The molecule has 0 fully saturated rings. The lowest BCUT2D eigenvalue weighted by Crippen LogP contribution is -2.29. The zero-order valence-corrected chi connectivity index (χ0v) is 26.4. The average Bonchev–Trinajstić information content (AvgIpc) is 3.31. The van der Waals surface area contributed by atoms with E-state index in [4.69, 9.17) is 24.3 Å². The number of rotatable bonds is 12. The first-order valence-corrected chi connectivity index (χ1v) is 17.8. The lowest BCUT2D eigenvalue weighted by Gasteiger charge is -2.15. The molecule has 0 spiro atoms. The highest BCUT2D eigenvalue weighted by Crippen LogP contribution is 2.30. The first-order chi connectivity index (χ1) is 20.0. The van der Waals surface area contributed by atoms with Gasteiger partial charge in [-0.15, -0.1) is 0 Å². The van der Waals surface area contributed by atoms with E-state index >= 15 is 0 Å². The van der Waals surface area contributed by atoms with E-state index < -0.39 is 15.2 Å². The Labute approximate surface area is 249 Å². The molecule has 9 nitrogen and oxygen atoms in total. The molecule has 0 saturated heterocycles. The van der Waals surface area contributed by atoms with Gasteiger partial charge in [-0.05, 0) is 65.5 Å². The van der Waals surface area contributed by atoms with Crippen molar-refractivity contribution < 1.29 is 29.1 Å². The second kappa shape index (κ2) is 15.6. The average molecular weight is 592 g/mol. The number of anilines is 1. The van der Waals surface area contributed by atoms with Crippen molar-refractivity contribution >= 4 is 43.3 Å². The van der Waals surface area contributed by atoms with Crippen LogP contribution >= 0.6 is 0 Å². The van der Waals surface area contributed by atoms with Crippen LogP contribution < -0.4 is 20.3 Å². The number of aromatic nitrogens is 2. The Bertz CT molecular complexity index is 1420. The van der Waals surface area contributed by atoms with Gasteiger partial charge in [0.15, 0.2) is 5.82 Å². The Morgan fingerprint density at radius 3 is 2.07 bits per heavy atom. The monoisotopic (exact) mass is 591 g/mol. The van der Waals surface area contributed by atoms with Crippen molar-refractivity contribution in [3.8, 4) is 22.6 Å². The summed E-state index contributed by atoms with van der Waals surface area (Å²) in [6.45, 7) is 10.1. The fourth-order valence-electron chi connectivity index (χ4n) is 4.05. The van der Waals surface area contributed by atoms with Gasteiger partial charge in [0.05, 0.1) is 19.7 Å². The van der Waals surface area contributed by atoms with Gasteiger partial charge in [-0.2, -0.15) is 5.10 Å². The molecule has 0 aliphatic heterocycles. The predicted molar refractivity (Wildman–Crippen MR) is 172 cm³/mol. The van der Waals surface area contributed by atoms with E-state index in [1.54, 1.807) is 38.5 Å². The van der Waals surface area contributed by atoms with E-state index in [1.807, 2.05) is 41.9 Å². The molecule has 11 heteroatoms. The van der Waals surface area contributed by atoms with Gasteiger partial charge in [0, 0.05) is 26.5 Å². The lowest BCUT2D eigenvalue weighted by molar-refractivity contribution is -0.116. The fourth-order valence-corrected chi connectivity index (χ4v) is 4.81. The third-order valence-corrected chi connectivity index (χ3v) is 8.24. The van der Waals surface area contributed by atoms with Crippen molar-refractivity contribution in [3.05, 3.63) is 66.7 Å². The van der Waals surface area contributed by atoms with Gasteiger partial charge in [-0.1, -0.05) is 56.9 Å². The van der Waals surface area contributed by atoms with Gasteiger partial charge >= 0.3 is 7.12 Å². The number of carbonyl (C=O) groups is 1. The van der Waals surface area contributed by atoms with E-state index in [2.05, 4.69) is 42.2 Å². The van der Waals surface area contributed by atoms with Gasteiger partial charge in [0.25, 0.3) is 0 Å². The first-order valence-electron chi connectivity index (χ1n) is 14.1. The van der Waals surface area contributed by atoms with Crippen molar-refractivity contribution in [2.24, 2.45) is 0 Å². The van der Waals surface area contributed by atoms with Crippen molar-refractivity contribution in [2.75, 3.05) is 26.1 Å². The summed E-state index contributed by atoms with van der Waals surface area (Å²) in [5.74, 6) is 2.09. The molecule has 1 aromatic heterocycles. The number of methoxy groups -OCH3 is 2. The molecule has 0 unspecified atom stereocenters. The molecule has 1 amide bonds. The minimum absolute atomic E-state index is 0.0204. The summed E-state index contributed by atoms with van der Waals surface area (Å²) in [6, 6.07) is 21.8. The van der Waals surface area contributed by atoms with Crippen molar-refractivity contribution in [3.63, 3.8) is 0 Å². The summed E-state index contributed by atoms with van der Waals surface area (Å²) in [7, 11) is 0.663. The molecular formula is C31H42BN3O6Si. The molecule has 0 saturated carbocycles. The van der Waals surface area contributed by atoms with E-state index in [0.29, 0.717) is 36.8 Å². The van der Waals surface area contributed by atoms with Crippen LogP contribution in [0.15, 0.2) is 66.7 Å². The highest BCUT2D eigenvalue weighted by atomic mass is 28.3. The largest absolute Gasteiger partial charge is 0.497 e. The van der Waals surface area contributed by atoms with E-state index in [-0.39, 0.29) is 5.91 Å². The van der Waals surface area contributed by atoms with Crippen LogP contribution in [-0.2, 0) is 16.3 Å². The maximum atomic E-state index is 12.2.